The molecule has 2 N–H and O–H groups in total. The molecule has 1 aliphatic rings. The summed E-state index contributed by atoms with van der Waals surface area (Å²) >= 11 is 6.36. The Kier molecular flexibility index (Phi) is 9.11. The number of alkyl halides is 3. The van der Waals surface area contributed by atoms with Crippen LogP contribution in [0.5, 0.6) is 5.75 Å². The number of hydrogen-bond acceptors (Lipinski definition) is 7. The summed E-state index contributed by atoms with van der Waals surface area (Å²) in [6.07, 6.45) is -2.78. The van der Waals surface area contributed by atoms with Crippen LogP contribution in [0.4, 0.5) is 25.1 Å². The molecule has 1 aromatic heterocycles. The number of nitrogens with one attached hydrogen (secondary N) is 2. The summed E-state index contributed by atoms with van der Waals surface area (Å²) in [5.74, 6) is 1.82. The first-order chi connectivity index (χ1) is 18.7. The van der Waals surface area contributed by atoms with Gasteiger partial charge in [-0.05, 0) is 55.5 Å². The Morgan fingerprint density at radius 1 is 1.13 bits per heavy atom. The van der Waals surface area contributed by atoms with Crippen molar-refractivity contribution in [3.63, 3.8) is 0 Å². The van der Waals surface area contributed by atoms with Gasteiger partial charge in [0.2, 0.25) is 17.8 Å². The second-order valence-electron chi connectivity index (χ2n) is 9.18. The first-order valence-corrected chi connectivity index (χ1v) is 13.1. The number of nitrogens with zero attached hydrogens (tertiary/aromatic N) is 4. The lowest BCUT2D eigenvalue weighted by Gasteiger charge is -2.32. The SMILES string of the molecule is CCOc1ccc(-c2nc(NC)nc(N3CCC(CC(=O)NCc4ccccc4C(F)(F)F)CC3)n2)cc1Cl. The van der Waals surface area contributed by atoms with E-state index in [1.165, 1.54) is 18.2 Å². The molecule has 1 fully saturated rings. The first kappa shape index (κ1) is 28.4. The fourth-order valence-corrected chi connectivity index (χ4v) is 4.71. The highest BCUT2D eigenvalue weighted by atomic mass is 35.5. The molecule has 0 spiro atoms. The number of carbonyl (C=O) groups is 1. The Labute approximate surface area is 230 Å². The highest BCUT2D eigenvalue weighted by molar-refractivity contribution is 6.32. The van der Waals surface area contributed by atoms with Gasteiger partial charge in [0.15, 0.2) is 5.82 Å². The highest BCUT2D eigenvalue weighted by Gasteiger charge is 2.33. The van der Waals surface area contributed by atoms with E-state index < -0.39 is 11.7 Å². The van der Waals surface area contributed by atoms with Crippen molar-refractivity contribution in [2.45, 2.75) is 38.9 Å². The molecule has 208 valence electrons. The maximum atomic E-state index is 13.2. The molecular weight excluding hydrogens is 533 g/mol. The molecule has 1 amide bonds. The van der Waals surface area contributed by atoms with Crippen molar-refractivity contribution in [3.8, 4) is 17.1 Å². The molecule has 1 saturated heterocycles. The lowest BCUT2D eigenvalue weighted by atomic mass is 9.93. The van der Waals surface area contributed by atoms with E-state index in [0.29, 0.717) is 48.2 Å². The van der Waals surface area contributed by atoms with Crippen molar-refractivity contribution in [1.29, 1.82) is 0 Å². The lowest BCUT2D eigenvalue weighted by molar-refractivity contribution is -0.138. The molecule has 8 nitrogen and oxygen atoms in total. The van der Waals surface area contributed by atoms with Gasteiger partial charge in [0.1, 0.15) is 5.75 Å². The maximum absolute atomic E-state index is 13.2. The second kappa shape index (κ2) is 12.5. The van der Waals surface area contributed by atoms with E-state index in [2.05, 4.69) is 25.6 Å². The van der Waals surface area contributed by atoms with Gasteiger partial charge in [0.05, 0.1) is 17.2 Å². The Hall–Kier alpha value is -3.60. The van der Waals surface area contributed by atoms with Crippen LogP contribution in [-0.2, 0) is 17.5 Å². The first-order valence-electron chi connectivity index (χ1n) is 12.7. The van der Waals surface area contributed by atoms with Gasteiger partial charge in [0.25, 0.3) is 0 Å². The number of halogens is 4. The molecule has 0 atom stereocenters. The summed E-state index contributed by atoms with van der Waals surface area (Å²) in [5.41, 5.74) is 0.0407. The minimum atomic E-state index is -4.46. The second-order valence-corrected chi connectivity index (χ2v) is 9.58. The van der Waals surface area contributed by atoms with E-state index in [0.717, 1.165) is 24.5 Å². The Morgan fingerprint density at radius 2 is 1.87 bits per heavy atom. The van der Waals surface area contributed by atoms with E-state index in [-0.39, 0.29) is 30.4 Å². The fraction of sp³-hybridized carbons (Fsp3) is 0.407. The van der Waals surface area contributed by atoms with Crippen LogP contribution < -0.4 is 20.3 Å². The van der Waals surface area contributed by atoms with E-state index in [9.17, 15) is 18.0 Å². The number of carbonyl (C=O) groups excluding carboxylic acids is 1. The quantitative estimate of drug-likeness (QED) is 0.352. The van der Waals surface area contributed by atoms with Gasteiger partial charge in [-0.1, -0.05) is 29.8 Å². The number of aromatic nitrogens is 3. The van der Waals surface area contributed by atoms with Crippen molar-refractivity contribution >= 4 is 29.4 Å². The smallest absolute Gasteiger partial charge is 0.416 e. The molecule has 3 aromatic rings. The van der Waals surface area contributed by atoms with E-state index in [1.807, 2.05) is 17.9 Å². The van der Waals surface area contributed by atoms with Crippen LogP contribution >= 0.6 is 11.6 Å². The third-order valence-corrected chi connectivity index (χ3v) is 6.80. The number of anilines is 2. The third kappa shape index (κ3) is 7.29. The Balaban J connectivity index is 1.36. The summed E-state index contributed by atoms with van der Waals surface area (Å²) in [6.45, 7) is 3.48. The zero-order chi connectivity index (χ0) is 28.0. The Bertz CT molecular complexity index is 1300. The average Bonchev–Trinajstić information content (AvgIpc) is 2.93. The molecular formula is C27H30ClF3N6O2. The van der Waals surface area contributed by atoms with Gasteiger partial charge >= 0.3 is 6.18 Å². The average molecular weight is 563 g/mol. The lowest BCUT2D eigenvalue weighted by Crippen LogP contribution is -2.37. The van der Waals surface area contributed by atoms with Gasteiger partial charge in [-0.3, -0.25) is 4.79 Å². The number of rotatable bonds is 9. The predicted octanol–water partition coefficient (Wildman–Crippen LogP) is 5.57. The number of ether oxygens (including phenoxy) is 1. The maximum Gasteiger partial charge on any atom is 0.416 e. The summed E-state index contributed by atoms with van der Waals surface area (Å²) in [4.78, 5) is 28.2. The molecule has 1 aliphatic heterocycles. The molecule has 0 unspecified atom stereocenters. The zero-order valence-electron chi connectivity index (χ0n) is 21.7. The van der Waals surface area contributed by atoms with Crippen LogP contribution in [0.2, 0.25) is 5.02 Å². The van der Waals surface area contributed by atoms with Crippen LogP contribution in [0, 0.1) is 5.92 Å². The van der Waals surface area contributed by atoms with E-state index in [4.69, 9.17) is 16.3 Å². The normalized spacial score (nSPS) is 14.3. The number of amides is 1. The molecule has 2 aromatic carbocycles. The van der Waals surface area contributed by atoms with Crippen LogP contribution in [0.25, 0.3) is 11.4 Å². The van der Waals surface area contributed by atoms with Crippen molar-refractivity contribution in [2.75, 3.05) is 37.0 Å². The highest BCUT2D eigenvalue weighted by Crippen LogP contribution is 2.32. The summed E-state index contributed by atoms with van der Waals surface area (Å²) in [7, 11) is 1.73. The fourth-order valence-electron chi connectivity index (χ4n) is 4.48. The monoisotopic (exact) mass is 562 g/mol. The standard InChI is InChI=1S/C27H30ClF3N6O2/c1-3-39-22-9-8-18(15-21(22)28)24-34-25(32-2)36-26(35-24)37-12-10-17(11-13-37)14-23(38)33-16-19-6-4-5-7-20(19)27(29,30)31/h4-9,15,17H,3,10-14,16H2,1-2H3,(H,33,38)(H,32,34,35,36). The van der Waals surface area contributed by atoms with Gasteiger partial charge in [-0.2, -0.15) is 28.1 Å². The van der Waals surface area contributed by atoms with Gasteiger partial charge in [-0.15, -0.1) is 0 Å². The number of hydrogen-bond donors (Lipinski definition) is 2. The zero-order valence-corrected chi connectivity index (χ0v) is 22.4. The van der Waals surface area contributed by atoms with Crippen LogP contribution in [-0.4, -0.2) is 47.6 Å². The summed E-state index contributed by atoms with van der Waals surface area (Å²) in [5, 5.41) is 6.08. The van der Waals surface area contributed by atoms with Gasteiger partial charge in [0, 0.05) is 38.7 Å². The number of piperidine rings is 1. The molecule has 2 heterocycles. The number of benzene rings is 2. The summed E-state index contributed by atoms with van der Waals surface area (Å²) in [6, 6.07) is 10.6. The van der Waals surface area contributed by atoms with Crippen LogP contribution in [0.15, 0.2) is 42.5 Å². The van der Waals surface area contributed by atoms with Crippen LogP contribution in [0.1, 0.15) is 37.3 Å². The molecule has 39 heavy (non-hydrogen) atoms. The van der Waals surface area contributed by atoms with Gasteiger partial charge in [-0.25, -0.2) is 0 Å². The predicted molar refractivity (Wildman–Crippen MR) is 144 cm³/mol. The van der Waals surface area contributed by atoms with Crippen molar-refractivity contribution in [1.82, 2.24) is 20.3 Å². The molecule has 0 bridgehead atoms. The summed E-state index contributed by atoms with van der Waals surface area (Å²) < 4.78 is 45.1. The van der Waals surface area contributed by atoms with E-state index in [1.54, 1.807) is 19.2 Å². The van der Waals surface area contributed by atoms with Crippen molar-refractivity contribution in [3.05, 3.63) is 58.6 Å². The van der Waals surface area contributed by atoms with Gasteiger partial charge < -0.3 is 20.3 Å². The van der Waals surface area contributed by atoms with Crippen molar-refractivity contribution in [2.24, 2.45) is 5.92 Å². The minimum Gasteiger partial charge on any atom is -0.492 e. The Morgan fingerprint density at radius 3 is 2.54 bits per heavy atom. The molecule has 0 radical (unpaired) electrons. The molecule has 12 heteroatoms. The molecule has 0 saturated carbocycles. The molecule has 4 rings (SSSR count). The molecule has 0 aliphatic carbocycles. The van der Waals surface area contributed by atoms with Crippen molar-refractivity contribution < 1.29 is 22.7 Å². The largest absolute Gasteiger partial charge is 0.492 e. The minimum absolute atomic E-state index is 0.0490. The third-order valence-electron chi connectivity index (χ3n) is 6.51. The topological polar surface area (TPSA) is 92.3 Å². The van der Waals surface area contributed by atoms with E-state index >= 15 is 0 Å². The van der Waals surface area contributed by atoms with Crippen LogP contribution in [0.3, 0.4) is 0 Å².